The molecule has 0 aliphatic rings. The van der Waals surface area contributed by atoms with Crippen LogP contribution in [0.1, 0.15) is 161 Å². The van der Waals surface area contributed by atoms with Crippen molar-refractivity contribution >= 4 is 58.9 Å². The Morgan fingerprint density at radius 3 is 1.18 bits per heavy atom. The van der Waals surface area contributed by atoms with E-state index in [4.69, 9.17) is 42.1 Å². The number of phenolic OH excluding ortho intramolecular Hbond substituents is 2. The molecule has 0 fully saturated rings. The van der Waals surface area contributed by atoms with Crippen molar-refractivity contribution in [3.05, 3.63) is 129 Å². The Kier molecular flexibility index (Phi) is 23.3. The van der Waals surface area contributed by atoms with Crippen LogP contribution in [0, 0.1) is 0 Å². The molecule has 0 saturated heterocycles. The number of ether oxygens (including phenoxy) is 4. The molecule has 0 atom stereocenters. The maximum atomic E-state index is 13.1. The van der Waals surface area contributed by atoms with Crippen molar-refractivity contribution in [1.82, 2.24) is 0 Å². The Balaban J connectivity index is 1.05. The average molecular weight is 966 g/mol. The average Bonchev–Trinajstić information content (AvgIpc) is 3.34. The maximum Gasteiger partial charge on any atom is 0.343 e. The number of aromatic hydroxyl groups is 2. The number of aliphatic imine (C=N–C) groups is 2. The number of unbranched alkanes of at least 4 members (excludes halogenated alkanes) is 16. The van der Waals surface area contributed by atoms with E-state index >= 15 is 0 Å². The summed E-state index contributed by atoms with van der Waals surface area (Å²) >= 11 is 12.8. The summed E-state index contributed by atoms with van der Waals surface area (Å²) in [5.74, 6) is -0.244. The number of nitrogens with zero attached hydrogens (tertiary/aromatic N) is 2. The molecular formula is C56H66Cl2N2O8. The smallest absolute Gasteiger partial charge is 0.343 e. The first-order valence-corrected chi connectivity index (χ1v) is 25.0. The summed E-state index contributed by atoms with van der Waals surface area (Å²) in [7, 11) is 0. The Bertz CT molecular complexity index is 2220. The van der Waals surface area contributed by atoms with Gasteiger partial charge in [-0.1, -0.05) is 140 Å². The van der Waals surface area contributed by atoms with E-state index < -0.39 is 11.9 Å². The Hall–Kier alpha value is -5.84. The summed E-state index contributed by atoms with van der Waals surface area (Å²) in [5.41, 5.74) is 2.55. The van der Waals surface area contributed by atoms with Gasteiger partial charge in [0.2, 0.25) is 0 Å². The van der Waals surface area contributed by atoms with E-state index in [2.05, 4.69) is 23.8 Å². The molecule has 0 spiro atoms. The molecule has 362 valence electrons. The molecule has 68 heavy (non-hydrogen) atoms. The third-order valence-electron chi connectivity index (χ3n) is 11.3. The van der Waals surface area contributed by atoms with Crippen LogP contribution in [0.25, 0.3) is 0 Å². The lowest BCUT2D eigenvalue weighted by molar-refractivity contribution is 0.0732. The van der Waals surface area contributed by atoms with Gasteiger partial charge in [-0.25, -0.2) is 9.59 Å². The molecule has 0 aliphatic carbocycles. The molecule has 0 aliphatic heterocycles. The molecule has 2 N–H and O–H groups in total. The number of esters is 2. The van der Waals surface area contributed by atoms with E-state index in [0.717, 1.165) is 25.7 Å². The van der Waals surface area contributed by atoms with Crippen molar-refractivity contribution in [3.8, 4) is 34.5 Å². The molecule has 10 nitrogen and oxygen atoms in total. The van der Waals surface area contributed by atoms with Crippen molar-refractivity contribution in [2.75, 3.05) is 13.2 Å². The quantitative estimate of drug-likeness (QED) is 0.0201. The molecule has 5 aromatic rings. The first kappa shape index (κ1) is 53.1. The molecule has 0 unspecified atom stereocenters. The van der Waals surface area contributed by atoms with Crippen LogP contribution in [0.5, 0.6) is 34.5 Å². The molecule has 0 aromatic heterocycles. The predicted molar refractivity (Wildman–Crippen MR) is 275 cm³/mol. The molecule has 5 rings (SSSR count). The van der Waals surface area contributed by atoms with Crippen LogP contribution < -0.4 is 18.9 Å². The fraction of sp³-hybridized carbons (Fsp3) is 0.393. The van der Waals surface area contributed by atoms with Crippen molar-refractivity contribution in [2.45, 2.75) is 129 Å². The van der Waals surface area contributed by atoms with Crippen molar-refractivity contribution in [2.24, 2.45) is 9.98 Å². The molecule has 0 heterocycles. The number of halogens is 2. The number of rotatable bonds is 30. The number of benzene rings is 5. The lowest BCUT2D eigenvalue weighted by atomic mass is 10.1. The molecule has 5 aromatic carbocycles. The Labute approximate surface area is 412 Å². The lowest BCUT2D eigenvalue weighted by Gasteiger charge is -2.11. The van der Waals surface area contributed by atoms with Gasteiger partial charge < -0.3 is 29.2 Å². The van der Waals surface area contributed by atoms with E-state index in [0.29, 0.717) is 47.2 Å². The second-order valence-electron chi connectivity index (χ2n) is 16.9. The van der Waals surface area contributed by atoms with Gasteiger partial charge in [-0.15, -0.1) is 0 Å². The van der Waals surface area contributed by atoms with Crippen LogP contribution in [0.2, 0.25) is 10.0 Å². The predicted octanol–water partition coefficient (Wildman–Crippen LogP) is 16.2. The van der Waals surface area contributed by atoms with Crippen molar-refractivity contribution < 1.29 is 38.7 Å². The van der Waals surface area contributed by atoms with E-state index in [-0.39, 0.29) is 44.2 Å². The van der Waals surface area contributed by atoms with Crippen molar-refractivity contribution in [1.29, 1.82) is 0 Å². The van der Waals surface area contributed by atoms with Gasteiger partial charge in [-0.05, 0) is 91.7 Å². The zero-order valence-electron chi connectivity index (χ0n) is 39.5. The minimum atomic E-state index is -0.712. The third-order valence-corrected chi connectivity index (χ3v) is 11.9. The van der Waals surface area contributed by atoms with Gasteiger partial charge >= 0.3 is 11.9 Å². The summed E-state index contributed by atoms with van der Waals surface area (Å²) in [6.45, 7) is 5.67. The number of carbonyl (C=O) groups excluding carboxylic acids is 2. The molecular weight excluding hydrogens is 900 g/mol. The highest BCUT2D eigenvalue weighted by atomic mass is 35.5. The van der Waals surface area contributed by atoms with Crippen LogP contribution >= 0.6 is 23.2 Å². The standard InChI is InChI=1S/C56H66Cl2N2O8/c1-3-5-7-9-11-13-15-17-19-33-65-47-31-25-43(51(61)35-47)39-59-45-27-21-41(22-28-45)55(63)67-53-38-54(50(58)37-49(53)57)68-56(64)42-23-29-46(30-24-42)60-40-44-26-32-48(36-52(44)62)66-34-20-18-16-14-12-10-8-6-4-2/h21-32,35-40,61-62H,3-20,33-34H2,1-2H3. The van der Waals surface area contributed by atoms with Gasteiger partial charge in [0.25, 0.3) is 0 Å². The molecule has 0 amide bonds. The summed E-state index contributed by atoms with van der Waals surface area (Å²) in [4.78, 5) is 35.1. The molecule has 0 radical (unpaired) electrons. The topological polar surface area (TPSA) is 136 Å². The monoisotopic (exact) mass is 964 g/mol. The fourth-order valence-corrected chi connectivity index (χ4v) is 7.75. The van der Waals surface area contributed by atoms with Crippen LogP contribution in [-0.2, 0) is 0 Å². The second-order valence-corrected chi connectivity index (χ2v) is 17.7. The second kappa shape index (κ2) is 29.8. The fourth-order valence-electron chi connectivity index (χ4n) is 7.29. The number of hydrogen-bond acceptors (Lipinski definition) is 10. The number of carbonyl (C=O) groups is 2. The molecule has 0 saturated carbocycles. The molecule has 12 heteroatoms. The summed E-state index contributed by atoms with van der Waals surface area (Å²) < 4.78 is 22.8. The van der Waals surface area contributed by atoms with Gasteiger partial charge in [0.1, 0.15) is 23.0 Å². The van der Waals surface area contributed by atoms with Gasteiger partial charge in [0.15, 0.2) is 11.5 Å². The lowest BCUT2D eigenvalue weighted by Crippen LogP contribution is -2.11. The maximum absolute atomic E-state index is 13.1. The summed E-state index contributed by atoms with van der Waals surface area (Å²) in [6, 6.07) is 25.6. The Morgan fingerprint density at radius 1 is 0.471 bits per heavy atom. The van der Waals surface area contributed by atoms with E-state index in [1.165, 1.54) is 114 Å². The first-order chi connectivity index (χ1) is 33.1. The van der Waals surface area contributed by atoms with Gasteiger partial charge in [0, 0.05) is 41.8 Å². The third kappa shape index (κ3) is 18.7. The normalized spacial score (nSPS) is 11.4. The highest BCUT2D eigenvalue weighted by Crippen LogP contribution is 2.37. The van der Waals surface area contributed by atoms with E-state index in [1.54, 1.807) is 84.9 Å². The van der Waals surface area contributed by atoms with Gasteiger partial charge in [-0.3, -0.25) is 9.98 Å². The Morgan fingerprint density at radius 2 is 0.824 bits per heavy atom. The minimum absolute atomic E-state index is 0.0357. The van der Waals surface area contributed by atoms with E-state index in [1.807, 2.05) is 0 Å². The zero-order valence-corrected chi connectivity index (χ0v) is 41.0. The van der Waals surface area contributed by atoms with Gasteiger partial charge in [0.05, 0.1) is 45.8 Å². The highest BCUT2D eigenvalue weighted by Gasteiger charge is 2.18. The zero-order chi connectivity index (χ0) is 48.4. The number of phenols is 2. The van der Waals surface area contributed by atoms with Crippen LogP contribution in [-0.4, -0.2) is 47.8 Å². The van der Waals surface area contributed by atoms with Gasteiger partial charge in [-0.2, -0.15) is 0 Å². The summed E-state index contributed by atoms with van der Waals surface area (Å²) in [6.07, 6.45) is 25.4. The first-order valence-electron chi connectivity index (χ1n) is 24.3. The van der Waals surface area contributed by atoms with Crippen molar-refractivity contribution in [3.63, 3.8) is 0 Å². The van der Waals surface area contributed by atoms with Crippen LogP contribution in [0.15, 0.2) is 107 Å². The van der Waals surface area contributed by atoms with E-state index in [9.17, 15) is 19.8 Å². The highest BCUT2D eigenvalue weighted by molar-refractivity contribution is 6.36. The van der Waals surface area contributed by atoms with Crippen LogP contribution in [0.3, 0.4) is 0 Å². The minimum Gasteiger partial charge on any atom is -0.507 e. The SMILES string of the molecule is CCCCCCCCCCCOc1ccc(C=Nc2ccc(C(=O)Oc3cc(OC(=O)c4ccc(N=Cc5ccc(OCCCCCCCCCCC)cc5O)cc4)c(Cl)cc3Cl)cc2)c(O)c1. The number of hydrogen-bond donors (Lipinski definition) is 2. The largest absolute Gasteiger partial charge is 0.507 e. The van der Waals surface area contributed by atoms with Crippen LogP contribution in [0.4, 0.5) is 11.4 Å². The molecule has 0 bridgehead atoms. The summed E-state index contributed by atoms with van der Waals surface area (Å²) in [5, 5.41) is 21.2.